The fraction of sp³-hybridized carbons (Fsp3) is 0.178. The van der Waals surface area contributed by atoms with E-state index in [2.05, 4.69) is 56.1 Å². The van der Waals surface area contributed by atoms with E-state index in [1.54, 1.807) is 30.3 Å². The third kappa shape index (κ3) is 5.19. The van der Waals surface area contributed by atoms with Gasteiger partial charge in [0.1, 0.15) is 11.2 Å². The van der Waals surface area contributed by atoms with E-state index in [1.807, 2.05) is 42.5 Å². The number of benzene rings is 6. The maximum atomic E-state index is 8.61. The summed E-state index contributed by atoms with van der Waals surface area (Å²) in [5, 5.41) is 6.15. The maximum Gasteiger partial charge on any atom is 0.144 e. The molecule has 0 fully saturated rings. The van der Waals surface area contributed by atoms with Gasteiger partial charge >= 0.3 is 0 Å². The molecule has 8 rings (SSSR count). The summed E-state index contributed by atoms with van der Waals surface area (Å²) in [6.45, 7) is -1.54. The monoisotopic (exact) mass is 618 g/mol. The Morgan fingerprint density at radius 1 is 0.596 bits per heavy atom. The number of pyridine rings is 1. The Bertz CT molecular complexity index is 2840. The molecule has 2 nitrogen and oxygen atoms in total. The first kappa shape index (κ1) is 20.8. The molecule has 47 heavy (non-hydrogen) atoms. The van der Waals surface area contributed by atoms with Gasteiger partial charge in [0.05, 0.1) is 5.69 Å². The molecular weight excluding hydrogens is 571 g/mol. The minimum Gasteiger partial charge on any atom is -0.455 e. The molecule has 230 valence electrons. The van der Waals surface area contributed by atoms with Crippen molar-refractivity contribution in [1.82, 2.24) is 4.98 Å². The Hall–Kier alpha value is -5.21. The molecule has 0 aliphatic rings. The number of para-hydroxylation sites is 1. The Morgan fingerprint density at radius 3 is 2.23 bits per heavy atom. The van der Waals surface area contributed by atoms with E-state index in [1.165, 1.54) is 12.3 Å². The van der Waals surface area contributed by atoms with Crippen LogP contribution in [0.25, 0.3) is 77.0 Å². The van der Waals surface area contributed by atoms with Gasteiger partial charge in [0, 0.05) is 34.9 Å². The molecular formula is C45H39NO. The van der Waals surface area contributed by atoms with Crippen molar-refractivity contribution >= 4 is 43.5 Å². The molecule has 0 saturated heterocycles. The molecule has 2 heterocycles. The highest BCUT2D eigenvalue weighted by atomic mass is 16.3. The number of fused-ring (bicyclic) bond motifs is 6. The van der Waals surface area contributed by atoms with Gasteiger partial charge in [-0.05, 0) is 123 Å². The number of hydrogen-bond donors (Lipinski definition) is 0. The van der Waals surface area contributed by atoms with Crippen LogP contribution in [-0.4, -0.2) is 4.98 Å². The van der Waals surface area contributed by atoms with Crippen LogP contribution in [0.15, 0.2) is 120 Å². The molecule has 0 aliphatic heterocycles. The Balaban J connectivity index is 1.31. The first-order chi connectivity index (χ1) is 26.3. The molecule has 0 unspecified atom stereocenters. The van der Waals surface area contributed by atoms with E-state index < -0.39 is 20.6 Å². The van der Waals surface area contributed by atoms with Crippen molar-refractivity contribution in [2.24, 2.45) is 5.41 Å². The van der Waals surface area contributed by atoms with E-state index in [0.29, 0.717) is 40.0 Å². The van der Waals surface area contributed by atoms with Crippen LogP contribution in [-0.2, 0) is 6.42 Å². The van der Waals surface area contributed by atoms with E-state index in [9.17, 15) is 0 Å². The fourth-order valence-electron chi connectivity index (χ4n) is 6.84. The summed E-state index contributed by atoms with van der Waals surface area (Å²) >= 11 is 0. The lowest BCUT2D eigenvalue weighted by Gasteiger charge is -2.19. The zero-order chi connectivity index (χ0) is 39.9. The number of nitrogens with zero attached hydrogens (tertiary/aromatic N) is 1. The number of hydrogen-bond acceptors (Lipinski definition) is 2. The van der Waals surface area contributed by atoms with Crippen LogP contribution >= 0.6 is 0 Å². The van der Waals surface area contributed by atoms with Gasteiger partial charge in [-0.25, -0.2) is 0 Å². The standard InChI is InChI=1S/C45H39NO/c1-27-20-30(25-45(4,5)6)14-18-34(27)32-17-19-35(28(2)21-32)39-23-42(46-26-29(39)3)38-13-9-12-37-41-22-33-16-15-31-10-7-8-11-36(31)40(33)24-43(41)47-44(37)38/h7-24,26H,25H2,1-6H3/i1D3,2D3,3D3. The summed E-state index contributed by atoms with van der Waals surface area (Å²) in [4.78, 5) is 4.62. The molecule has 0 radical (unpaired) electrons. The van der Waals surface area contributed by atoms with Gasteiger partial charge in [0.15, 0.2) is 0 Å². The Morgan fingerprint density at radius 2 is 1.38 bits per heavy atom. The molecule has 0 N–H and O–H groups in total. The highest BCUT2D eigenvalue weighted by molar-refractivity contribution is 6.17. The second kappa shape index (κ2) is 11.0. The van der Waals surface area contributed by atoms with Crippen molar-refractivity contribution in [1.29, 1.82) is 0 Å². The average Bonchev–Trinajstić information content (AvgIpc) is 3.49. The van der Waals surface area contributed by atoms with Gasteiger partial charge < -0.3 is 4.42 Å². The third-order valence-electron chi connectivity index (χ3n) is 8.98. The van der Waals surface area contributed by atoms with E-state index in [-0.39, 0.29) is 33.2 Å². The van der Waals surface area contributed by atoms with Gasteiger partial charge in [-0.3, -0.25) is 4.98 Å². The van der Waals surface area contributed by atoms with Crippen LogP contribution in [0.2, 0.25) is 0 Å². The van der Waals surface area contributed by atoms with Crippen molar-refractivity contribution in [2.75, 3.05) is 0 Å². The van der Waals surface area contributed by atoms with Crippen molar-refractivity contribution in [3.05, 3.63) is 138 Å². The lowest BCUT2D eigenvalue weighted by molar-refractivity contribution is 0.411. The van der Waals surface area contributed by atoms with Crippen LogP contribution < -0.4 is 0 Å². The maximum absolute atomic E-state index is 8.61. The van der Waals surface area contributed by atoms with E-state index >= 15 is 0 Å². The second-order valence-corrected chi connectivity index (χ2v) is 13.6. The van der Waals surface area contributed by atoms with Crippen molar-refractivity contribution in [3.63, 3.8) is 0 Å². The lowest BCUT2D eigenvalue weighted by atomic mass is 9.86. The normalized spacial score (nSPS) is 15.8. The number of aryl methyl sites for hydroxylation is 3. The molecule has 0 aliphatic carbocycles. The number of furan rings is 1. The molecule has 0 saturated carbocycles. The van der Waals surface area contributed by atoms with Crippen LogP contribution in [0.1, 0.15) is 55.4 Å². The molecule has 0 atom stereocenters. The van der Waals surface area contributed by atoms with E-state index in [0.717, 1.165) is 37.9 Å². The Labute approximate surface area is 289 Å². The zero-order valence-electron chi connectivity index (χ0n) is 35.5. The summed E-state index contributed by atoms with van der Waals surface area (Å²) in [6, 6.07) is 33.9. The molecule has 6 aromatic carbocycles. The smallest absolute Gasteiger partial charge is 0.144 e. The number of rotatable bonds is 4. The largest absolute Gasteiger partial charge is 0.455 e. The molecule has 8 aromatic rings. The van der Waals surface area contributed by atoms with Crippen LogP contribution in [0.4, 0.5) is 0 Å². The van der Waals surface area contributed by atoms with E-state index in [4.69, 9.17) is 16.8 Å². The van der Waals surface area contributed by atoms with Gasteiger partial charge in [-0.1, -0.05) is 106 Å². The number of aromatic nitrogens is 1. The summed E-state index contributed by atoms with van der Waals surface area (Å²) in [5.74, 6) is 0. The minimum absolute atomic E-state index is 0.0760. The summed E-state index contributed by atoms with van der Waals surface area (Å²) in [6.07, 6.45) is 1.95. The highest BCUT2D eigenvalue weighted by Gasteiger charge is 2.17. The molecule has 2 heteroatoms. The predicted molar refractivity (Wildman–Crippen MR) is 200 cm³/mol. The zero-order valence-corrected chi connectivity index (χ0v) is 26.5. The van der Waals surface area contributed by atoms with Gasteiger partial charge in [-0.15, -0.1) is 0 Å². The SMILES string of the molecule is [2H]C([2H])([2H])c1cc(CC(C)(C)C)ccc1-c1ccc(-c2cc(-c3cccc4c3oc3cc5c(ccc6ccccc65)cc34)ncc2C([2H])([2H])[2H])c(C([2H])([2H])[2H])c1. The lowest BCUT2D eigenvalue weighted by Crippen LogP contribution is -2.09. The summed E-state index contributed by atoms with van der Waals surface area (Å²) in [5.41, 5.74) is 4.18. The van der Waals surface area contributed by atoms with Crippen molar-refractivity contribution in [2.45, 2.75) is 47.7 Å². The first-order valence-electron chi connectivity index (χ1n) is 20.3. The van der Waals surface area contributed by atoms with Gasteiger partial charge in [-0.2, -0.15) is 0 Å². The topological polar surface area (TPSA) is 26.0 Å². The average molecular weight is 619 g/mol. The summed E-state index contributed by atoms with van der Waals surface area (Å²) in [7, 11) is 0. The third-order valence-corrected chi connectivity index (χ3v) is 8.98. The van der Waals surface area contributed by atoms with Crippen LogP contribution in [0, 0.1) is 26.0 Å². The Kier molecular flexibility index (Phi) is 4.85. The van der Waals surface area contributed by atoms with Crippen LogP contribution in [0.5, 0.6) is 0 Å². The molecule has 0 amide bonds. The van der Waals surface area contributed by atoms with Crippen molar-refractivity contribution < 1.29 is 16.8 Å². The van der Waals surface area contributed by atoms with Crippen LogP contribution in [0.3, 0.4) is 0 Å². The summed E-state index contributed by atoms with van der Waals surface area (Å²) < 4.78 is 82.7. The molecule has 0 bridgehead atoms. The van der Waals surface area contributed by atoms with Crippen molar-refractivity contribution in [3.8, 4) is 33.5 Å². The fourth-order valence-corrected chi connectivity index (χ4v) is 6.84. The first-order valence-corrected chi connectivity index (χ1v) is 15.8. The molecule has 2 aromatic heterocycles. The minimum atomic E-state index is -2.68. The van der Waals surface area contributed by atoms with Gasteiger partial charge in [0.2, 0.25) is 0 Å². The highest BCUT2D eigenvalue weighted by Crippen LogP contribution is 2.40. The quantitative estimate of drug-likeness (QED) is 0.183. The van der Waals surface area contributed by atoms with Gasteiger partial charge in [0.25, 0.3) is 0 Å². The molecule has 0 spiro atoms. The predicted octanol–water partition coefficient (Wildman–Crippen LogP) is 12.8. The second-order valence-electron chi connectivity index (χ2n) is 13.6.